The quantitative estimate of drug-likeness (QED) is 0.873. The van der Waals surface area contributed by atoms with Gasteiger partial charge in [-0.1, -0.05) is 30.3 Å². The molecule has 3 rings (SSSR count). The van der Waals surface area contributed by atoms with Gasteiger partial charge in [0, 0.05) is 25.3 Å². The van der Waals surface area contributed by atoms with Crippen molar-refractivity contribution in [2.75, 3.05) is 18.4 Å². The second kappa shape index (κ2) is 8.15. The highest BCUT2D eigenvalue weighted by Crippen LogP contribution is 2.25. The van der Waals surface area contributed by atoms with Gasteiger partial charge in [0.15, 0.2) is 11.6 Å². The number of hydrogen-bond acceptors (Lipinski definition) is 4. The first kappa shape index (κ1) is 16.8. The molecule has 2 heterocycles. The lowest BCUT2D eigenvalue weighted by atomic mass is 10.0. The first-order valence-electron chi connectivity index (χ1n) is 8.85. The zero-order chi connectivity index (χ0) is 16.8. The molecular formula is C20H27N3O. The highest BCUT2D eigenvalue weighted by molar-refractivity contribution is 5.50. The van der Waals surface area contributed by atoms with Gasteiger partial charge >= 0.3 is 0 Å². The van der Waals surface area contributed by atoms with Crippen LogP contribution in [-0.4, -0.2) is 35.1 Å². The molecule has 0 amide bonds. The van der Waals surface area contributed by atoms with E-state index in [9.17, 15) is 0 Å². The van der Waals surface area contributed by atoms with E-state index in [0.29, 0.717) is 6.04 Å². The molecule has 1 aromatic heterocycles. The van der Waals surface area contributed by atoms with Crippen molar-refractivity contribution in [3.8, 4) is 5.75 Å². The molecule has 1 aliphatic heterocycles. The van der Waals surface area contributed by atoms with Crippen LogP contribution in [0.25, 0.3) is 0 Å². The summed E-state index contributed by atoms with van der Waals surface area (Å²) >= 11 is 0. The minimum absolute atomic E-state index is 0.149. The lowest BCUT2D eigenvalue weighted by Crippen LogP contribution is -2.41. The smallest absolute Gasteiger partial charge is 0.169 e. The number of anilines is 1. The lowest BCUT2D eigenvalue weighted by molar-refractivity contribution is 0.207. The van der Waals surface area contributed by atoms with E-state index in [-0.39, 0.29) is 6.10 Å². The summed E-state index contributed by atoms with van der Waals surface area (Å²) < 4.78 is 5.87. The number of likely N-dealkylation sites (tertiary alicyclic amines) is 1. The normalized spacial score (nSPS) is 18.5. The Morgan fingerprint density at radius 1 is 1.21 bits per heavy atom. The Labute approximate surface area is 144 Å². The number of ether oxygens (including phenoxy) is 1. The molecular weight excluding hydrogens is 298 g/mol. The Hall–Kier alpha value is -2.07. The van der Waals surface area contributed by atoms with Crippen LogP contribution in [0.4, 0.5) is 5.82 Å². The van der Waals surface area contributed by atoms with E-state index in [1.54, 1.807) is 0 Å². The maximum absolute atomic E-state index is 5.87. The van der Waals surface area contributed by atoms with Crippen molar-refractivity contribution in [1.82, 2.24) is 9.88 Å². The van der Waals surface area contributed by atoms with Crippen molar-refractivity contribution in [1.29, 1.82) is 0 Å². The fourth-order valence-corrected chi connectivity index (χ4v) is 3.20. The first-order chi connectivity index (χ1) is 11.7. The molecule has 1 aliphatic rings. The van der Waals surface area contributed by atoms with Gasteiger partial charge in [-0.25, -0.2) is 4.98 Å². The Morgan fingerprint density at radius 2 is 2.04 bits per heavy atom. The van der Waals surface area contributed by atoms with Crippen molar-refractivity contribution >= 4 is 5.82 Å². The molecule has 24 heavy (non-hydrogen) atoms. The van der Waals surface area contributed by atoms with Crippen LogP contribution < -0.4 is 10.1 Å². The third kappa shape index (κ3) is 4.71. The van der Waals surface area contributed by atoms with E-state index in [0.717, 1.165) is 31.2 Å². The van der Waals surface area contributed by atoms with Crippen LogP contribution in [-0.2, 0) is 6.54 Å². The van der Waals surface area contributed by atoms with Crippen molar-refractivity contribution in [2.45, 2.75) is 45.4 Å². The van der Waals surface area contributed by atoms with Crippen molar-refractivity contribution in [2.24, 2.45) is 0 Å². The van der Waals surface area contributed by atoms with Crippen molar-refractivity contribution in [3.63, 3.8) is 0 Å². The fourth-order valence-electron chi connectivity index (χ4n) is 3.20. The number of nitrogens with zero attached hydrogens (tertiary/aromatic N) is 2. The summed E-state index contributed by atoms with van der Waals surface area (Å²) in [6.07, 6.45) is 4.34. The Balaban J connectivity index is 1.61. The van der Waals surface area contributed by atoms with Crippen LogP contribution in [0.5, 0.6) is 5.75 Å². The average molecular weight is 325 g/mol. The van der Waals surface area contributed by atoms with E-state index in [1.165, 1.54) is 18.4 Å². The monoisotopic (exact) mass is 325 g/mol. The summed E-state index contributed by atoms with van der Waals surface area (Å²) in [5.41, 5.74) is 1.37. The molecule has 4 heteroatoms. The van der Waals surface area contributed by atoms with Crippen LogP contribution >= 0.6 is 0 Å². The molecule has 1 fully saturated rings. The maximum Gasteiger partial charge on any atom is 0.169 e. The minimum atomic E-state index is 0.149. The third-order valence-electron chi connectivity index (χ3n) is 4.23. The molecule has 0 spiro atoms. The lowest BCUT2D eigenvalue weighted by Gasteiger charge is -2.33. The Kier molecular flexibility index (Phi) is 5.70. The SMILES string of the molecule is CC(C)Oc1cccnc1NC1CCCN(Cc2ccccc2)C1. The predicted molar refractivity (Wildman–Crippen MR) is 98.4 cm³/mol. The molecule has 0 saturated carbocycles. The zero-order valence-electron chi connectivity index (χ0n) is 14.6. The number of rotatable bonds is 6. The van der Waals surface area contributed by atoms with E-state index in [1.807, 2.05) is 32.2 Å². The van der Waals surface area contributed by atoms with Gasteiger partial charge in [0.1, 0.15) is 0 Å². The molecule has 1 atom stereocenters. The third-order valence-corrected chi connectivity index (χ3v) is 4.23. The van der Waals surface area contributed by atoms with E-state index >= 15 is 0 Å². The average Bonchev–Trinajstić information content (AvgIpc) is 2.57. The van der Waals surface area contributed by atoms with Gasteiger partial charge in [-0.2, -0.15) is 0 Å². The van der Waals surface area contributed by atoms with Gasteiger partial charge in [0.25, 0.3) is 0 Å². The second-order valence-corrected chi connectivity index (χ2v) is 6.72. The highest BCUT2D eigenvalue weighted by Gasteiger charge is 2.21. The van der Waals surface area contributed by atoms with Gasteiger partial charge in [0.05, 0.1) is 6.10 Å². The molecule has 2 aromatic rings. The summed E-state index contributed by atoms with van der Waals surface area (Å²) in [7, 11) is 0. The first-order valence-corrected chi connectivity index (χ1v) is 8.85. The molecule has 1 aromatic carbocycles. The molecule has 0 bridgehead atoms. The van der Waals surface area contributed by atoms with Crippen LogP contribution in [0, 0.1) is 0 Å². The van der Waals surface area contributed by atoms with E-state index in [2.05, 4.69) is 45.5 Å². The molecule has 1 saturated heterocycles. The van der Waals surface area contributed by atoms with Crippen LogP contribution in [0.15, 0.2) is 48.7 Å². The van der Waals surface area contributed by atoms with Crippen LogP contribution in [0.2, 0.25) is 0 Å². The van der Waals surface area contributed by atoms with E-state index < -0.39 is 0 Å². The van der Waals surface area contributed by atoms with E-state index in [4.69, 9.17) is 4.74 Å². The highest BCUT2D eigenvalue weighted by atomic mass is 16.5. The summed E-state index contributed by atoms with van der Waals surface area (Å²) in [4.78, 5) is 7.00. The minimum Gasteiger partial charge on any atom is -0.487 e. The molecule has 128 valence electrons. The zero-order valence-corrected chi connectivity index (χ0v) is 14.6. The Morgan fingerprint density at radius 3 is 2.83 bits per heavy atom. The molecule has 1 N–H and O–H groups in total. The van der Waals surface area contributed by atoms with Gasteiger partial charge in [-0.3, -0.25) is 4.90 Å². The number of pyridine rings is 1. The van der Waals surface area contributed by atoms with Gasteiger partial charge in [-0.15, -0.1) is 0 Å². The molecule has 1 unspecified atom stereocenters. The summed E-state index contributed by atoms with van der Waals surface area (Å²) in [6, 6.07) is 15.0. The largest absolute Gasteiger partial charge is 0.487 e. The summed E-state index contributed by atoms with van der Waals surface area (Å²) in [5.74, 6) is 1.70. The number of nitrogens with one attached hydrogen (secondary N) is 1. The fraction of sp³-hybridized carbons (Fsp3) is 0.450. The molecule has 0 aliphatic carbocycles. The summed E-state index contributed by atoms with van der Waals surface area (Å²) in [5, 5.41) is 3.59. The topological polar surface area (TPSA) is 37.4 Å². The predicted octanol–water partition coefficient (Wildman–Crippen LogP) is 3.95. The molecule has 4 nitrogen and oxygen atoms in total. The number of aromatic nitrogens is 1. The maximum atomic E-state index is 5.87. The van der Waals surface area contributed by atoms with Crippen molar-refractivity contribution < 1.29 is 4.74 Å². The van der Waals surface area contributed by atoms with Crippen LogP contribution in [0.3, 0.4) is 0 Å². The van der Waals surface area contributed by atoms with Crippen LogP contribution in [0.1, 0.15) is 32.3 Å². The second-order valence-electron chi connectivity index (χ2n) is 6.72. The molecule has 0 radical (unpaired) electrons. The number of hydrogen-bond donors (Lipinski definition) is 1. The Bertz CT molecular complexity index is 630. The van der Waals surface area contributed by atoms with Gasteiger partial charge in [0.2, 0.25) is 0 Å². The summed E-state index contributed by atoms with van der Waals surface area (Å²) in [6.45, 7) is 7.28. The standard InChI is InChI=1S/C20H27N3O/c1-16(2)24-19-11-6-12-21-20(19)22-18-10-7-13-23(15-18)14-17-8-4-3-5-9-17/h3-6,8-9,11-12,16,18H,7,10,13-15H2,1-2H3,(H,21,22). The number of piperidine rings is 1. The van der Waals surface area contributed by atoms with Gasteiger partial charge < -0.3 is 10.1 Å². The number of benzene rings is 1. The van der Waals surface area contributed by atoms with Gasteiger partial charge in [-0.05, 0) is 50.9 Å². The van der Waals surface area contributed by atoms with Crippen molar-refractivity contribution in [3.05, 3.63) is 54.2 Å².